The molecule has 20 heavy (non-hydrogen) atoms. The summed E-state index contributed by atoms with van der Waals surface area (Å²) < 4.78 is 13.5. The highest BCUT2D eigenvalue weighted by atomic mass is 19.1. The van der Waals surface area contributed by atoms with Crippen LogP contribution in [-0.2, 0) is 0 Å². The van der Waals surface area contributed by atoms with Crippen molar-refractivity contribution in [2.24, 2.45) is 5.92 Å². The highest BCUT2D eigenvalue weighted by Crippen LogP contribution is 2.12. The highest BCUT2D eigenvalue weighted by molar-refractivity contribution is 5.96. The summed E-state index contributed by atoms with van der Waals surface area (Å²) in [6.45, 7) is 9.17. The summed E-state index contributed by atoms with van der Waals surface area (Å²) in [7, 11) is 0. The smallest absolute Gasteiger partial charge is 0.167 e. The van der Waals surface area contributed by atoms with Crippen molar-refractivity contribution in [3.8, 4) is 0 Å². The molecule has 0 bridgehead atoms. The molecule has 0 aliphatic heterocycles. The number of halogens is 1. The lowest BCUT2D eigenvalue weighted by molar-refractivity contribution is 0.0956. The Kier molecular flexibility index (Phi) is 7.45. The molecule has 0 fully saturated rings. The van der Waals surface area contributed by atoms with Crippen molar-refractivity contribution in [1.29, 1.82) is 0 Å². The van der Waals surface area contributed by atoms with Gasteiger partial charge in [0.25, 0.3) is 0 Å². The van der Waals surface area contributed by atoms with Gasteiger partial charge in [0.1, 0.15) is 5.82 Å². The molecule has 3 heteroatoms. The number of hydrogen-bond acceptors (Lipinski definition) is 2. The largest absolute Gasteiger partial charge is 0.303 e. The first kappa shape index (κ1) is 16.8. The van der Waals surface area contributed by atoms with Gasteiger partial charge in [-0.05, 0) is 24.6 Å². The van der Waals surface area contributed by atoms with Crippen LogP contribution in [0.4, 0.5) is 4.39 Å². The number of carbonyl (C=O) groups excluding carboxylic acids is 1. The Hall–Kier alpha value is -1.22. The van der Waals surface area contributed by atoms with Crippen LogP contribution in [0.25, 0.3) is 0 Å². The van der Waals surface area contributed by atoms with Crippen molar-refractivity contribution in [1.82, 2.24) is 4.90 Å². The van der Waals surface area contributed by atoms with E-state index in [9.17, 15) is 9.18 Å². The van der Waals surface area contributed by atoms with E-state index in [0.717, 1.165) is 25.9 Å². The quantitative estimate of drug-likeness (QED) is 0.633. The zero-order chi connectivity index (χ0) is 15.0. The Balaban J connectivity index is 2.52. The van der Waals surface area contributed by atoms with Crippen molar-refractivity contribution in [3.63, 3.8) is 0 Å². The maximum atomic E-state index is 13.5. The summed E-state index contributed by atoms with van der Waals surface area (Å²) in [5.41, 5.74) is 0.214. The number of hydrogen-bond donors (Lipinski definition) is 0. The van der Waals surface area contributed by atoms with Crippen LogP contribution in [0.5, 0.6) is 0 Å². The van der Waals surface area contributed by atoms with Gasteiger partial charge < -0.3 is 4.90 Å². The summed E-state index contributed by atoms with van der Waals surface area (Å²) in [5, 5.41) is 0. The highest BCUT2D eigenvalue weighted by Gasteiger charge is 2.14. The van der Waals surface area contributed by atoms with Crippen LogP contribution in [0, 0.1) is 11.7 Å². The molecular weight excluding hydrogens is 253 g/mol. The molecule has 0 spiro atoms. The number of nitrogens with zero attached hydrogens (tertiary/aromatic N) is 1. The van der Waals surface area contributed by atoms with Gasteiger partial charge in [-0.25, -0.2) is 4.39 Å². The van der Waals surface area contributed by atoms with E-state index < -0.39 is 5.82 Å². The van der Waals surface area contributed by atoms with Gasteiger partial charge in [0.05, 0.1) is 5.56 Å². The fraction of sp³-hybridized carbons (Fsp3) is 0.588. The Labute approximate surface area is 122 Å². The zero-order valence-electron chi connectivity index (χ0n) is 12.9. The molecule has 2 nitrogen and oxygen atoms in total. The minimum absolute atomic E-state index is 0.105. The third-order valence-electron chi connectivity index (χ3n) is 3.95. The SMILES string of the molecule is CCC(CC)CN(CC)CCC(=O)c1ccccc1F. The summed E-state index contributed by atoms with van der Waals surface area (Å²) in [5.74, 6) is 0.158. The Morgan fingerprint density at radius 3 is 2.40 bits per heavy atom. The van der Waals surface area contributed by atoms with Gasteiger partial charge in [-0.2, -0.15) is 0 Å². The Morgan fingerprint density at radius 2 is 1.85 bits per heavy atom. The molecule has 0 aliphatic carbocycles. The first-order chi connectivity index (χ1) is 9.62. The standard InChI is InChI=1S/C17H26FNO/c1-4-14(5-2)13-19(6-3)12-11-17(20)15-9-7-8-10-16(15)18/h7-10,14H,4-6,11-13H2,1-3H3. The van der Waals surface area contributed by atoms with Crippen molar-refractivity contribution in [2.75, 3.05) is 19.6 Å². The van der Waals surface area contributed by atoms with E-state index in [1.54, 1.807) is 18.2 Å². The van der Waals surface area contributed by atoms with Crippen LogP contribution < -0.4 is 0 Å². The molecule has 112 valence electrons. The third kappa shape index (κ3) is 5.04. The lowest BCUT2D eigenvalue weighted by Gasteiger charge is -2.24. The molecule has 1 aromatic rings. The first-order valence-electron chi connectivity index (χ1n) is 7.62. The minimum Gasteiger partial charge on any atom is -0.303 e. The van der Waals surface area contributed by atoms with Crippen LogP contribution in [0.2, 0.25) is 0 Å². The third-order valence-corrected chi connectivity index (χ3v) is 3.95. The monoisotopic (exact) mass is 279 g/mol. The number of carbonyl (C=O) groups is 1. The molecule has 0 aromatic heterocycles. The summed E-state index contributed by atoms with van der Waals surface area (Å²) in [4.78, 5) is 14.3. The molecule has 0 aliphatic rings. The molecule has 0 N–H and O–H groups in total. The number of rotatable bonds is 9. The lowest BCUT2D eigenvalue weighted by atomic mass is 10.0. The second-order valence-corrected chi connectivity index (χ2v) is 5.23. The van der Waals surface area contributed by atoms with Gasteiger partial charge in [-0.1, -0.05) is 45.7 Å². The van der Waals surface area contributed by atoms with E-state index in [2.05, 4.69) is 25.7 Å². The van der Waals surface area contributed by atoms with E-state index >= 15 is 0 Å². The molecule has 0 heterocycles. The molecule has 0 radical (unpaired) electrons. The first-order valence-corrected chi connectivity index (χ1v) is 7.62. The molecular formula is C17H26FNO. The maximum Gasteiger partial charge on any atom is 0.167 e. The van der Waals surface area contributed by atoms with Gasteiger partial charge in [-0.3, -0.25) is 4.79 Å². The van der Waals surface area contributed by atoms with Crippen molar-refractivity contribution in [2.45, 2.75) is 40.0 Å². The van der Waals surface area contributed by atoms with E-state index in [1.807, 2.05) is 0 Å². The van der Waals surface area contributed by atoms with Gasteiger partial charge in [0.2, 0.25) is 0 Å². The van der Waals surface area contributed by atoms with E-state index in [4.69, 9.17) is 0 Å². The fourth-order valence-electron chi connectivity index (χ4n) is 2.37. The van der Waals surface area contributed by atoms with Crippen molar-refractivity contribution < 1.29 is 9.18 Å². The average Bonchev–Trinajstić information content (AvgIpc) is 2.48. The van der Waals surface area contributed by atoms with Crippen molar-refractivity contribution >= 4 is 5.78 Å². The van der Waals surface area contributed by atoms with Crippen LogP contribution in [-0.4, -0.2) is 30.3 Å². The van der Waals surface area contributed by atoms with Crippen LogP contribution in [0.3, 0.4) is 0 Å². The molecule has 0 saturated heterocycles. The van der Waals surface area contributed by atoms with E-state index in [1.165, 1.54) is 6.07 Å². The van der Waals surface area contributed by atoms with Crippen molar-refractivity contribution in [3.05, 3.63) is 35.6 Å². The summed E-state index contributed by atoms with van der Waals surface area (Å²) in [6, 6.07) is 6.22. The van der Waals surface area contributed by atoms with Gasteiger partial charge in [-0.15, -0.1) is 0 Å². The van der Waals surface area contributed by atoms with Gasteiger partial charge >= 0.3 is 0 Å². The molecule has 0 unspecified atom stereocenters. The molecule has 1 rings (SSSR count). The van der Waals surface area contributed by atoms with Crippen LogP contribution in [0.1, 0.15) is 50.4 Å². The normalized spacial score (nSPS) is 11.3. The van der Waals surface area contributed by atoms with Gasteiger partial charge in [0, 0.05) is 19.5 Å². The predicted octanol–water partition coefficient (Wildman–Crippen LogP) is 4.16. The predicted molar refractivity (Wildman–Crippen MR) is 81.5 cm³/mol. The number of Topliss-reactive ketones (excluding diaryl/α,β-unsaturated/α-hetero) is 1. The van der Waals surface area contributed by atoms with E-state index in [-0.39, 0.29) is 11.3 Å². The minimum atomic E-state index is -0.416. The molecule has 0 saturated carbocycles. The second kappa shape index (κ2) is 8.85. The van der Waals surface area contributed by atoms with E-state index in [0.29, 0.717) is 18.9 Å². The lowest BCUT2D eigenvalue weighted by Crippen LogP contribution is -2.31. The molecule has 0 amide bonds. The Morgan fingerprint density at radius 1 is 1.20 bits per heavy atom. The maximum absolute atomic E-state index is 13.5. The van der Waals surface area contributed by atoms with Crippen LogP contribution in [0.15, 0.2) is 24.3 Å². The topological polar surface area (TPSA) is 20.3 Å². The summed E-state index contributed by atoms with van der Waals surface area (Å²) in [6.07, 6.45) is 2.71. The fourth-order valence-corrected chi connectivity index (χ4v) is 2.37. The average molecular weight is 279 g/mol. The molecule has 0 atom stereocenters. The Bertz CT molecular complexity index is 415. The second-order valence-electron chi connectivity index (χ2n) is 5.23. The zero-order valence-corrected chi connectivity index (χ0v) is 12.9. The van der Waals surface area contributed by atoms with Gasteiger partial charge in [0.15, 0.2) is 5.78 Å². The number of benzene rings is 1. The number of ketones is 1. The molecule has 1 aromatic carbocycles. The van der Waals surface area contributed by atoms with Crippen LogP contribution >= 0.6 is 0 Å². The summed E-state index contributed by atoms with van der Waals surface area (Å²) >= 11 is 0.